The van der Waals surface area contributed by atoms with Crippen LogP contribution in [-0.2, 0) is 6.42 Å². The van der Waals surface area contributed by atoms with Crippen molar-refractivity contribution in [3.63, 3.8) is 0 Å². The molecule has 1 N–H and O–H groups in total. The van der Waals surface area contributed by atoms with E-state index < -0.39 is 6.10 Å². The third-order valence-electron chi connectivity index (χ3n) is 3.88. The Kier molecular flexibility index (Phi) is 4.92. The van der Waals surface area contributed by atoms with Crippen LogP contribution in [0.2, 0.25) is 0 Å². The molecule has 0 aliphatic heterocycles. The van der Waals surface area contributed by atoms with E-state index in [-0.39, 0.29) is 17.6 Å². The van der Waals surface area contributed by atoms with E-state index in [1.807, 2.05) is 62.4 Å². The number of ketones is 1. The van der Waals surface area contributed by atoms with Crippen molar-refractivity contribution in [2.24, 2.45) is 5.41 Å². The fourth-order valence-corrected chi connectivity index (χ4v) is 2.43. The first-order valence-corrected chi connectivity index (χ1v) is 7.29. The summed E-state index contributed by atoms with van der Waals surface area (Å²) in [6.45, 7) is 4.01. The highest BCUT2D eigenvalue weighted by Gasteiger charge is 2.30. The Morgan fingerprint density at radius 1 is 1.00 bits per heavy atom. The zero-order valence-electron chi connectivity index (χ0n) is 12.6. The minimum absolute atomic E-state index is 0.00997. The molecular formula is C19H22O2. The van der Waals surface area contributed by atoms with Crippen molar-refractivity contribution < 1.29 is 9.90 Å². The number of Topliss-reactive ketones (excluding diaryl/α,β-unsaturated/α-hetero) is 1. The lowest BCUT2D eigenvalue weighted by molar-refractivity contribution is 0.0402. The molecule has 0 saturated carbocycles. The molecule has 2 aromatic carbocycles. The molecule has 0 amide bonds. The topological polar surface area (TPSA) is 37.3 Å². The van der Waals surface area contributed by atoms with Gasteiger partial charge in [0.2, 0.25) is 0 Å². The molecule has 0 heterocycles. The van der Waals surface area contributed by atoms with Crippen LogP contribution >= 0.6 is 0 Å². The predicted molar refractivity (Wildman–Crippen MR) is 85.3 cm³/mol. The molecule has 2 heteroatoms. The maximum atomic E-state index is 12.2. The summed E-state index contributed by atoms with van der Waals surface area (Å²) in [6, 6.07) is 19.2. The predicted octanol–water partition coefficient (Wildman–Crippen LogP) is 3.89. The fraction of sp³-hybridized carbons (Fsp3) is 0.316. The normalized spacial score (nSPS) is 12.9. The molecule has 0 unspecified atom stereocenters. The molecule has 0 spiro atoms. The van der Waals surface area contributed by atoms with Gasteiger partial charge in [0, 0.05) is 12.0 Å². The molecule has 2 nitrogen and oxygen atoms in total. The average molecular weight is 282 g/mol. The van der Waals surface area contributed by atoms with E-state index in [1.165, 1.54) is 5.56 Å². The van der Waals surface area contributed by atoms with Gasteiger partial charge < -0.3 is 5.11 Å². The third-order valence-corrected chi connectivity index (χ3v) is 3.88. The number of aliphatic hydroxyl groups is 1. The quantitative estimate of drug-likeness (QED) is 0.816. The Morgan fingerprint density at radius 2 is 1.52 bits per heavy atom. The van der Waals surface area contributed by atoms with Gasteiger partial charge in [0.25, 0.3) is 0 Å². The van der Waals surface area contributed by atoms with Crippen molar-refractivity contribution in [3.05, 3.63) is 71.8 Å². The second-order valence-corrected chi connectivity index (χ2v) is 6.16. The van der Waals surface area contributed by atoms with E-state index in [9.17, 15) is 9.90 Å². The van der Waals surface area contributed by atoms with Crippen LogP contribution in [-0.4, -0.2) is 17.0 Å². The van der Waals surface area contributed by atoms with Crippen molar-refractivity contribution in [1.82, 2.24) is 0 Å². The molecular weight excluding hydrogens is 260 g/mol. The molecule has 2 aromatic rings. The van der Waals surface area contributed by atoms with Crippen LogP contribution in [0.25, 0.3) is 0 Å². The fourth-order valence-electron chi connectivity index (χ4n) is 2.43. The molecule has 0 aromatic heterocycles. The first-order valence-electron chi connectivity index (χ1n) is 7.29. The third kappa shape index (κ3) is 4.27. The summed E-state index contributed by atoms with van der Waals surface area (Å²) in [5.74, 6) is -0.00997. The van der Waals surface area contributed by atoms with Gasteiger partial charge in [-0.3, -0.25) is 4.79 Å². The van der Waals surface area contributed by atoms with Gasteiger partial charge in [-0.05, 0) is 17.4 Å². The minimum atomic E-state index is -0.662. The summed E-state index contributed by atoms with van der Waals surface area (Å²) in [5, 5.41) is 10.4. The molecule has 110 valence electrons. The first kappa shape index (κ1) is 15.5. The Labute approximate surface area is 126 Å². The summed E-state index contributed by atoms with van der Waals surface area (Å²) < 4.78 is 0. The molecule has 1 atom stereocenters. The summed E-state index contributed by atoms with van der Waals surface area (Å²) in [5.41, 5.74) is 1.49. The van der Waals surface area contributed by atoms with E-state index in [2.05, 4.69) is 0 Å². The standard InChI is InChI=1S/C19H22O2/c1-19(2,14-15-9-5-3-6-10-15)18(21)13-17(20)16-11-7-4-8-12-16/h3-12,18,21H,13-14H2,1-2H3/t18-/m1/s1. The molecule has 2 rings (SSSR count). The SMILES string of the molecule is CC(C)(Cc1ccccc1)[C@H](O)CC(=O)c1ccccc1. The van der Waals surface area contributed by atoms with Crippen molar-refractivity contribution in [3.8, 4) is 0 Å². The highest BCUT2D eigenvalue weighted by Crippen LogP contribution is 2.28. The lowest BCUT2D eigenvalue weighted by Gasteiger charge is -2.30. The van der Waals surface area contributed by atoms with Crippen molar-refractivity contribution in [2.75, 3.05) is 0 Å². The van der Waals surface area contributed by atoms with Gasteiger partial charge in [-0.15, -0.1) is 0 Å². The largest absolute Gasteiger partial charge is 0.392 e. The second-order valence-electron chi connectivity index (χ2n) is 6.16. The molecule has 21 heavy (non-hydrogen) atoms. The minimum Gasteiger partial charge on any atom is -0.392 e. The zero-order valence-corrected chi connectivity index (χ0v) is 12.6. The van der Waals surface area contributed by atoms with Crippen LogP contribution in [0.15, 0.2) is 60.7 Å². The number of hydrogen-bond donors (Lipinski definition) is 1. The molecule has 0 bridgehead atoms. The number of benzene rings is 2. The maximum absolute atomic E-state index is 12.2. The first-order chi connectivity index (χ1) is 9.99. The van der Waals surface area contributed by atoms with Crippen LogP contribution in [0.3, 0.4) is 0 Å². The number of rotatable bonds is 6. The van der Waals surface area contributed by atoms with Gasteiger partial charge in [-0.25, -0.2) is 0 Å². The van der Waals surface area contributed by atoms with Crippen molar-refractivity contribution in [2.45, 2.75) is 32.8 Å². The van der Waals surface area contributed by atoms with Crippen LogP contribution in [0.1, 0.15) is 36.2 Å². The Bertz CT molecular complexity index is 573. The highest BCUT2D eigenvalue weighted by atomic mass is 16.3. The second kappa shape index (κ2) is 6.68. The maximum Gasteiger partial charge on any atom is 0.165 e. The molecule has 0 saturated heterocycles. The van der Waals surface area contributed by atoms with Crippen molar-refractivity contribution in [1.29, 1.82) is 0 Å². The zero-order chi connectivity index (χ0) is 15.3. The average Bonchev–Trinajstić information content (AvgIpc) is 2.48. The van der Waals surface area contributed by atoms with E-state index >= 15 is 0 Å². The molecule has 0 aliphatic rings. The number of carbonyl (C=O) groups excluding carboxylic acids is 1. The van der Waals surface area contributed by atoms with Gasteiger partial charge in [0.15, 0.2) is 5.78 Å². The monoisotopic (exact) mass is 282 g/mol. The lowest BCUT2D eigenvalue weighted by atomic mass is 9.78. The van der Waals surface area contributed by atoms with Gasteiger partial charge in [-0.2, -0.15) is 0 Å². The van der Waals surface area contributed by atoms with Gasteiger partial charge in [0.05, 0.1) is 6.10 Å². The van der Waals surface area contributed by atoms with Crippen LogP contribution < -0.4 is 0 Å². The van der Waals surface area contributed by atoms with Gasteiger partial charge in [-0.1, -0.05) is 74.5 Å². The van der Waals surface area contributed by atoms with E-state index in [1.54, 1.807) is 12.1 Å². The summed E-state index contributed by atoms with van der Waals surface area (Å²) in [6.07, 6.45) is 0.242. The Hall–Kier alpha value is -1.93. The number of carbonyl (C=O) groups is 1. The molecule has 0 fully saturated rings. The van der Waals surface area contributed by atoms with Crippen LogP contribution in [0.4, 0.5) is 0 Å². The Morgan fingerprint density at radius 3 is 2.10 bits per heavy atom. The highest BCUT2D eigenvalue weighted by molar-refractivity contribution is 5.96. The van der Waals surface area contributed by atoms with E-state index in [0.29, 0.717) is 5.56 Å². The number of aliphatic hydroxyl groups excluding tert-OH is 1. The van der Waals surface area contributed by atoms with Gasteiger partial charge in [0.1, 0.15) is 0 Å². The van der Waals surface area contributed by atoms with Crippen LogP contribution in [0, 0.1) is 5.41 Å². The van der Waals surface area contributed by atoms with E-state index in [4.69, 9.17) is 0 Å². The van der Waals surface area contributed by atoms with Crippen molar-refractivity contribution >= 4 is 5.78 Å². The summed E-state index contributed by atoms with van der Waals surface area (Å²) in [7, 11) is 0. The lowest BCUT2D eigenvalue weighted by Crippen LogP contribution is -2.33. The molecule has 0 aliphatic carbocycles. The smallest absolute Gasteiger partial charge is 0.165 e. The van der Waals surface area contributed by atoms with Crippen LogP contribution in [0.5, 0.6) is 0 Å². The molecule has 0 radical (unpaired) electrons. The summed E-state index contributed by atoms with van der Waals surface area (Å²) in [4.78, 5) is 12.2. The summed E-state index contributed by atoms with van der Waals surface area (Å²) >= 11 is 0. The number of hydrogen-bond acceptors (Lipinski definition) is 2. The van der Waals surface area contributed by atoms with E-state index in [0.717, 1.165) is 6.42 Å². The Balaban J connectivity index is 2.01. The van der Waals surface area contributed by atoms with Gasteiger partial charge >= 0.3 is 0 Å².